The fourth-order valence-corrected chi connectivity index (χ4v) is 1.59. The Hall–Kier alpha value is -1.26. The zero-order valence-corrected chi connectivity index (χ0v) is 9.95. The number of carbonyl (C=O) groups is 2. The number of carboxylic acid groups (broad SMARTS) is 1. The molecule has 5 heteroatoms. The van der Waals surface area contributed by atoms with E-state index in [0.717, 1.165) is 19.3 Å². The second-order valence-corrected chi connectivity index (χ2v) is 5.15. The second-order valence-electron chi connectivity index (χ2n) is 5.15. The van der Waals surface area contributed by atoms with Gasteiger partial charge in [0.25, 0.3) is 0 Å². The summed E-state index contributed by atoms with van der Waals surface area (Å²) in [6.07, 6.45) is 2.08. The molecule has 0 saturated heterocycles. The van der Waals surface area contributed by atoms with Crippen molar-refractivity contribution < 1.29 is 19.4 Å². The minimum Gasteiger partial charge on any atom is -0.480 e. The number of alkyl carbamates (subject to hydrolysis) is 1. The third kappa shape index (κ3) is 3.72. The van der Waals surface area contributed by atoms with Gasteiger partial charge in [0.2, 0.25) is 0 Å². The fourth-order valence-electron chi connectivity index (χ4n) is 1.59. The molecule has 0 aromatic rings. The largest absolute Gasteiger partial charge is 0.480 e. The van der Waals surface area contributed by atoms with Crippen molar-refractivity contribution in [2.45, 2.75) is 51.7 Å². The number of nitrogens with one attached hydrogen (secondary N) is 1. The van der Waals surface area contributed by atoms with Gasteiger partial charge in [-0.05, 0) is 39.5 Å². The topological polar surface area (TPSA) is 75.6 Å². The highest BCUT2D eigenvalue weighted by molar-refractivity contribution is 5.80. The Morgan fingerprint density at radius 2 is 1.94 bits per heavy atom. The van der Waals surface area contributed by atoms with Crippen LogP contribution in [0.25, 0.3) is 0 Å². The van der Waals surface area contributed by atoms with Gasteiger partial charge in [0.1, 0.15) is 11.6 Å². The van der Waals surface area contributed by atoms with Gasteiger partial charge in [-0.3, -0.25) is 0 Å². The quantitative estimate of drug-likeness (QED) is 0.773. The van der Waals surface area contributed by atoms with Crippen molar-refractivity contribution in [3.05, 3.63) is 0 Å². The highest BCUT2D eigenvalue weighted by Gasteiger charge is 2.34. The average molecular weight is 229 g/mol. The van der Waals surface area contributed by atoms with Gasteiger partial charge in [-0.2, -0.15) is 0 Å². The minimum atomic E-state index is -0.990. The molecule has 1 saturated carbocycles. The van der Waals surface area contributed by atoms with Gasteiger partial charge in [-0.25, -0.2) is 9.59 Å². The predicted molar refractivity (Wildman–Crippen MR) is 58.1 cm³/mol. The summed E-state index contributed by atoms with van der Waals surface area (Å²) in [5.74, 6) is -0.944. The summed E-state index contributed by atoms with van der Waals surface area (Å²) in [4.78, 5) is 22.4. The number of carbonyl (C=O) groups excluding carboxylic acids is 1. The number of rotatable bonds is 3. The summed E-state index contributed by atoms with van der Waals surface area (Å²) < 4.78 is 5.02. The monoisotopic (exact) mass is 229 g/mol. The van der Waals surface area contributed by atoms with Gasteiger partial charge >= 0.3 is 12.1 Å². The molecule has 92 valence electrons. The number of amides is 1. The summed E-state index contributed by atoms with van der Waals surface area (Å²) in [5, 5.41) is 11.4. The Kier molecular flexibility index (Phi) is 3.78. The second kappa shape index (κ2) is 4.72. The molecule has 1 atom stereocenters. The first-order valence-electron chi connectivity index (χ1n) is 5.52. The maximum absolute atomic E-state index is 11.4. The van der Waals surface area contributed by atoms with Crippen LogP contribution in [-0.4, -0.2) is 28.8 Å². The Balaban J connectivity index is 2.48. The van der Waals surface area contributed by atoms with Crippen LogP contribution in [0.15, 0.2) is 0 Å². The van der Waals surface area contributed by atoms with E-state index in [1.807, 2.05) is 0 Å². The van der Waals surface area contributed by atoms with Crippen LogP contribution in [0.1, 0.15) is 40.0 Å². The number of hydrogen-bond acceptors (Lipinski definition) is 3. The first-order valence-corrected chi connectivity index (χ1v) is 5.52. The van der Waals surface area contributed by atoms with Gasteiger partial charge in [-0.1, -0.05) is 6.42 Å². The summed E-state index contributed by atoms with van der Waals surface area (Å²) in [7, 11) is 0. The molecule has 0 bridgehead atoms. The predicted octanol–water partition coefficient (Wildman–Crippen LogP) is 1.76. The van der Waals surface area contributed by atoms with E-state index in [-0.39, 0.29) is 5.92 Å². The van der Waals surface area contributed by atoms with Gasteiger partial charge in [0.05, 0.1) is 0 Å². The first-order chi connectivity index (χ1) is 7.29. The summed E-state index contributed by atoms with van der Waals surface area (Å²) in [6.45, 7) is 5.23. The van der Waals surface area contributed by atoms with Crippen LogP contribution in [0.5, 0.6) is 0 Å². The molecule has 1 aliphatic carbocycles. The lowest BCUT2D eigenvalue weighted by molar-refractivity contribution is -0.141. The van der Waals surface area contributed by atoms with E-state index in [0.29, 0.717) is 0 Å². The SMILES string of the molecule is CC(C)(C)OC(=O)NC(C(=O)O)C1CCC1. The molecule has 0 aliphatic heterocycles. The van der Waals surface area contributed by atoms with E-state index in [2.05, 4.69) is 5.32 Å². The normalized spacial score (nSPS) is 18.4. The smallest absolute Gasteiger partial charge is 0.408 e. The zero-order valence-electron chi connectivity index (χ0n) is 9.95. The van der Waals surface area contributed by atoms with Gasteiger partial charge in [0, 0.05) is 0 Å². The Labute approximate surface area is 95.2 Å². The maximum atomic E-state index is 11.4. The van der Waals surface area contributed by atoms with E-state index in [1.54, 1.807) is 20.8 Å². The molecule has 0 radical (unpaired) electrons. The Morgan fingerprint density at radius 1 is 1.38 bits per heavy atom. The van der Waals surface area contributed by atoms with Crippen LogP contribution in [-0.2, 0) is 9.53 Å². The van der Waals surface area contributed by atoms with Gasteiger partial charge < -0.3 is 15.2 Å². The Morgan fingerprint density at radius 3 is 2.25 bits per heavy atom. The van der Waals surface area contributed by atoms with E-state index in [4.69, 9.17) is 9.84 Å². The van der Waals surface area contributed by atoms with E-state index < -0.39 is 23.7 Å². The van der Waals surface area contributed by atoms with Gasteiger partial charge in [0.15, 0.2) is 0 Å². The third-order valence-corrected chi connectivity index (χ3v) is 2.56. The standard InChI is InChI=1S/C11H19NO4/c1-11(2,3)16-10(15)12-8(9(13)14)7-5-4-6-7/h7-8H,4-6H2,1-3H3,(H,12,15)(H,13,14). The summed E-state index contributed by atoms with van der Waals surface area (Å²) in [5.41, 5.74) is -0.604. The van der Waals surface area contributed by atoms with Crippen molar-refractivity contribution in [1.29, 1.82) is 0 Å². The molecule has 0 aromatic heterocycles. The van der Waals surface area contributed by atoms with Gasteiger partial charge in [-0.15, -0.1) is 0 Å². The average Bonchev–Trinajstić information content (AvgIpc) is 1.95. The van der Waals surface area contributed by atoms with E-state index >= 15 is 0 Å². The number of aliphatic carboxylic acids is 1. The summed E-state index contributed by atoms with van der Waals surface area (Å²) in [6, 6.07) is -0.816. The van der Waals surface area contributed by atoms with Crippen molar-refractivity contribution >= 4 is 12.1 Å². The molecule has 2 N–H and O–H groups in total. The number of carboxylic acids is 1. The lowest BCUT2D eigenvalue weighted by atomic mass is 9.80. The summed E-state index contributed by atoms with van der Waals surface area (Å²) >= 11 is 0. The Bertz CT molecular complexity index is 278. The van der Waals surface area contributed by atoms with Crippen LogP contribution < -0.4 is 5.32 Å². The molecule has 1 fully saturated rings. The fraction of sp³-hybridized carbons (Fsp3) is 0.818. The van der Waals surface area contributed by atoms with Crippen LogP contribution in [0, 0.1) is 5.92 Å². The minimum absolute atomic E-state index is 0.0463. The lowest BCUT2D eigenvalue weighted by Gasteiger charge is -2.32. The molecule has 1 amide bonds. The molecular formula is C11H19NO4. The van der Waals surface area contributed by atoms with Crippen molar-refractivity contribution in [1.82, 2.24) is 5.32 Å². The molecule has 1 aliphatic rings. The molecule has 16 heavy (non-hydrogen) atoms. The molecule has 0 spiro atoms. The molecule has 0 heterocycles. The zero-order chi connectivity index (χ0) is 12.3. The van der Waals surface area contributed by atoms with Crippen LogP contribution in [0.4, 0.5) is 4.79 Å². The van der Waals surface area contributed by atoms with Crippen LogP contribution in [0.3, 0.4) is 0 Å². The molecular weight excluding hydrogens is 210 g/mol. The highest BCUT2D eigenvalue weighted by atomic mass is 16.6. The maximum Gasteiger partial charge on any atom is 0.408 e. The highest BCUT2D eigenvalue weighted by Crippen LogP contribution is 2.29. The number of hydrogen-bond donors (Lipinski definition) is 2. The van der Waals surface area contributed by atoms with Crippen molar-refractivity contribution in [3.8, 4) is 0 Å². The molecule has 0 aromatic carbocycles. The van der Waals surface area contributed by atoms with E-state index in [9.17, 15) is 9.59 Å². The van der Waals surface area contributed by atoms with Crippen LogP contribution >= 0.6 is 0 Å². The van der Waals surface area contributed by atoms with Crippen molar-refractivity contribution in [2.24, 2.45) is 5.92 Å². The van der Waals surface area contributed by atoms with Crippen molar-refractivity contribution in [2.75, 3.05) is 0 Å². The van der Waals surface area contributed by atoms with Crippen molar-refractivity contribution in [3.63, 3.8) is 0 Å². The number of ether oxygens (including phenoxy) is 1. The van der Waals surface area contributed by atoms with E-state index in [1.165, 1.54) is 0 Å². The lowest BCUT2D eigenvalue weighted by Crippen LogP contribution is -2.49. The molecule has 1 rings (SSSR count). The van der Waals surface area contributed by atoms with Crippen LogP contribution in [0.2, 0.25) is 0 Å². The molecule has 5 nitrogen and oxygen atoms in total. The molecule has 1 unspecified atom stereocenters. The third-order valence-electron chi connectivity index (χ3n) is 2.56. The first kappa shape index (κ1) is 12.8.